The van der Waals surface area contributed by atoms with Gasteiger partial charge in [0.2, 0.25) is 0 Å². The van der Waals surface area contributed by atoms with E-state index in [2.05, 4.69) is 26.0 Å². The highest BCUT2D eigenvalue weighted by Crippen LogP contribution is 2.33. The monoisotopic (exact) mass is 276 g/mol. The first-order valence-corrected chi connectivity index (χ1v) is 8.13. The van der Waals surface area contributed by atoms with E-state index in [-0.39, 0.29) is 0 Å². The second-order valence-corrected chi connectivity index (χ2v) is 6.72. The molecule has 3 heteroatoms. The summed E-state index contributed by atoms with van der Waals surface area (Å²) in [6.07, 6.45) is 1.72. The van der Waals surface area contributed by atoms with Crippen LogP contribution < -0.4 is 0 Å². The summed E-state index contributed by atoms with van der Waals surface area (Å²) in [7, 11) is -0.914. The molecule has 2 aromatic rings. The van der Waals surface area contributed by atoms with Crippen LogP contribution in [0.15, 0.2) is 57.2 Å². The molecule has 1 nitrogen and oxygen atoms in total. The summed E-state index contributed by atoms with van der Waals surface area (Å²) >= 11 is 1.76. The van der Waals surface area contributed by atoms with Crippen molar-refractivity contribution in [3.8, 4) is 0 Å². The fourth-order valence-electron chi connectivity index (χ4n) is 1.84. The van der Waals surface area contributed by atoms with Crippen molar-refractivity contribution in [2.45, 2.75) is 28.5 Å². The molecule has 0 aromatic heterocycles. The molecule has 0 aliphatic heterocycles. The maximum atomic E-state index is 11.5. The van der Waals surface area contributed by atoms with Crippen molar-refractivity contribution in [3.63, 3.8) is 0 Å². The van der Waals surface area contributed by atoms with Crippen LogP contribution in [0.2, 0.25) is 0 Å². The summed E-state index contributed by atoms with van der Waals surface area (Å²) in [5.41, 5.74) is 2.38. The van der Waals surface area contributed by atoms with Gasteiger partial charge in [-0.1, -0.05) is 30.0 Å². The molecule has 1 atom stereocenters. The SMILES string of the molecule is Cc1cc(S(C)=O)cc(C)c1Sc1ccccc1. The molecule has 0 heterocycles. The first-order chi connectivity index (χ1) is 8.58. The van der Waals surface area contributed by atoms with E-state index in [1.807, 2.05) is 30.3 Å². The van der Waals surface area contributed by atoms with Crippen molar-refractivity contribution in [2.24, 2.45) is 0 Å². The molecule has 0 aliphatic carbocycles. The van der Waals surface area contributed by atoms with Crippen molar-refractivity contribution in [1.82, 2.24) is 0 Å². The fraction of sp³-hybridized carbons (Fsp3) is 0.200. The lowest BCUT2D eigenvalue weighted by Gasteiger charge is -2.11. The molecule has 0 saturated carbocycles. The zero-order valence-corrected chi connectivity index (χ0v) is 12.4. The third-order valence-corrected chi connectivity index (χ3v) is 4.98. The van der Waals surface area contributed by atoms with Gasteiger partial charge in [0.05, 0.1) is 0 Å². The molecule has 94 valence electrons. The topological polar surface area (TPSA) is 17.1 Å². The summed E-state index contributed by atoms with van der Waals surface area (Å²) in [6, 6.07) is 14.4. The van der Waals surface area contributed by atoms with Crippen molar-refractivity contribution < 1.29 is 4.21 Å². The first kappa shape index (κ1) is 13.4. The Morgan fingerprint density at radius 2 is 1.56 bits per heavy atom. The van der Waals surface area contributed by atoms with Crippen molar-refractivity contribution in [1.29, 1.82) is 0 Å². The van der Waals surface area contributed by atoms with Gasteiger partial charge in [0.25, 0.3) is 0 Å². The highest BCUT2D eigenvalue weighted by Gasteiger charge is 2.08. The van der Waals surface area contributed by atoms with Crippen LogP contribution in [-0.4, -0.2) is 10.5 Å². The molecule has 0 radical (unpaired) electrons. The lowest BCUT2D eigenvalue weighted by atomic mass is 10.1. The maximum Gasteiger partial charge on any atom is 0.0498 e. The van der Waals surface area contributed by atoms with E-state index in [4.69, 9.17) is 0 Å². The highest BCUT2D eigenvalue weighted by molar-refractivity contribution is 7.99. The molecule has 18 heavy (non-hydrogen) atoms. The zero-order valence-electron chi connectivity index (χ0n) is 10.8. The van der Waals surface area contributed by atoms with Gasteiger partial charge in [-0.3, -0.25) is 4.21 Å². The van der Waals surface area contributed by atoms with E-state index in [0.29, 0.717) is 0 Å². The van der Waals surface area contributed by atoms with Crippen molar-refractivity contribution in [3.05, 3.63) is 53.6 Å². The molecule has 0 amide bonds. The minimum Gasteiger partial charge on any atom is -0.255 e. The van der Waals surface area contributed by atoms with Crippen LogP contribution in [0.4, 0.5) is 0 Å². The molecule has 0 saturated heterocycles. The Hall–Kier alpha value is -1.06. The third-order valence-electron chi connectivity index (χ3n) is 2.73. The predicted octanol–water partition coefficient (Wildman–Crippen LogP) is 4.19. The second-order valence-electron chi connectivity index (χ2n) is 4.26. The number of benzene rings is 2. The molecule has 0 spiro atoms. The van der Waals surface area contributed by atoms with E-state index in [9.17, 15) is 4.21 Å². The number of aryl methyl sites for hydroxylation is 2. The zero-order chi connectivity index (χ0) is 13.1. The minimum absolute atomic E-state index is 0.905. The molecule has 0 aliphatic rings. The highest BCUT2D eigenvalue weighted by atomic mass is 32.2. The summed E-state index contributed by atoms with van der Waals surface area (Å²) in [5.74, 6) is 0. The molecular formula is C15H16OS2. The summed E-state index contributed by atoms with van der Waals surface area (Å²) < 4.78 is 11.5. The van der Waals surface area contributed by atoms with E-state index in [1.54, 1.807) is 18.0 Å². The lowest BCUT2D eigenvalue weighted by Crippen LogP contribution is -1.93. The van der Waals surface area contributed by atoms with Crippen LogP contribution in [0, 0.1) is 13.8 Å². The summed E-state index contributed by atoms with van der Waals surface area (Å²) in [4.78, 5) is 3.40. The van der Waals surface area contributed by atoms with E-state index in [1.165, 1.54) is 20.9 Å². The third kappa shape index (κ3) is 3.03. The van der Waals surface area contributed by atoms with Crippen LogP contribution in [0.3, 0.4) is 0 Å². The molecular weight excluding hydrogens is 260 g/mol. The van der Waals surface area contributed by atoms with Crippen molar-refractivity contribution in [2.75, 3.05) is 6.26 Å². The molecule has 2 aromatic carbocycles. The van der Waals surface area contributed by atoms with Crippen LogP contribution >= 0.6 is 11.8 Å². The Morgan fingerprint density at radius 1 is 1.00 bits per heavy atom. The minimum atomic E-state index is -0.914. The molecule has 2 rings (SSSR count). The van der Waals surface area contributed by atoms with Crippen LogP contribution in [0.1, 0.15) is 11.1 Å². The second kappa shape index (κ2) is 5.72. The first-order valence-electron chi connectivity index (χ1n) is 5.75. The summed E-state index contributed by atoms with van der Waals surface area (Å²) in [6.45, 7) is 4.16. The smallest absolute Gasteiger partial charge is 0.0498 e. The van der Waals surface area contributed by atoms with Gasteiger partial charge in [-0.05, 0) is 49.2 Å². The quantitative estimate of drug-likeness (QED) is 0.836. The Bertz CT molecular complexity index is 553. The Balaban J connectivity index is 2.37. The van der Waals surface area contributed by atoms with Gasteiger partial charge in [0, 0.05) is 31.7 Å². The number of hydrogen-bond acceptors (Lipinski definition) is 2. The molecule has 0 fully saturated rings. The Labute approximate surface area is 115 Å². The van der Waals surface area contributed by atoms with Crippen LogP contribution in [-0.2, 0) is 10.8 Å². The predicted molar refractivity (Wildman–Crippen MR) is 78.8 cm³/mol. The van der Waals surface area contributed by atoms with Crippen molar-refractivity contribution >= 4 is 22.6 Å². The molecule has 0 bridgehead atoms. The summed E-state index contributed by atoms with van der Waals surface area (Å²) in [5, 5.41) is 0. The van der Waals surface area contributed by atoms with Gasteiger partial charge in [-0.25, -0.2) is 0 Å². The average molecular weight is 276 g/mol. The van der Waals surface area contributed by atoms with Gasteiger partial charge < -0.3 is 0 Å². The largest absolute Gasteiger partial charge is 0.255 e. The van der Waals surface area contributed by atoms with Gasteiger partial charge in [-0.2, -0.15) is 0 Å². The normalized spacial score (nSPS) is 12.4. The van der Waals surface area contributed by atoms with Crippen LogP contribution in [0.5, 0.6) is 0 Å². The fourth-order valence-corrected chi connectivity index (χ4v) is 3.50. The Kier molecular flexibility index (Phi) is 4.25. The average Bonchev–Trinajstić information content (AvgIpc) is 2.34. The standard InChI is InChI=1S/C15H16OS2/c1-11-9-14(18(3)16)10-12(2)15(11)17-13-7-5-4-6-8-13/h4-10H,1-3H3. The Morgan fingerprint density at radius 3 is 2.06 bits per heavy atom. The van der Waals surface area contributed by atoms with Gasteiger partial charge >= 0.3 is 0 Å². The van der Waals surface area contributed by atoms with Gasteiger partial charge in [0.1, 0.15) is 0 Å². The number of rotatable bonds is 3. The lowest BCUT2D eigenvalue weighted by molar-refractivity contribution is 0.686. The maximum absolute atomic E-state index is 11.5. The van der Waals surface area contributed by atoms with E-state index in [0.717, 1.165) is 4.90 Å². The molecule has 0 N–H and O–H groups in total. The van der Waals surface area contributed by atoms with Gasteiger partial charge in [-0.15, -0.1) is 0 Å². The van der Waals surface area contributed by atoms with E-state index < -0.39 is 10.8 Å². The number of hydrogen-bond donors (Lipinski definition) is 0. The van der Waals surface area contributed by atoms with Gasteiger partial charge in [0.15, 0.2) is 0 Å². The molecule has 1 unspecified atom stereocenters. The van der Waals surface area contributed by atoms with Crippen LogP contribution in [0.25, 0.3) is 0 Å². The van der Waals surface area contributed by atoms with E-state index >= 15 is 0 Å².